The van der Waals surface area contributed by atoms with E-state index in [2.05, 4.69) is 0 Å². The fraction of sp³-hybridized carbons (Fsp3) is 0.136. The first-order chi connectivity index (χ1) is 13.1. The van der Waals surface area contributed by atoms with Crippen LogP contribution in [0.5, 0.6) is 0 Å². The lowest BCUT2D eigenvalue weighted by atomic mass is 10.0. The van der Waals surface area contributed by atoms with E-state index >= 15 is 0 Å². The second-order valence-corrected chi connectivity index (χ2v) is 6.04. The van der Waals surface area contributed by atoms with Crippen LogP contribution in [0, 0.1) is 12.7 Å². The summed E-state index contributed by atoms with van der Waals surface area (Å²) < 4.78 is 22.9. The van der Waals surface area contributed by atoms with Crippen LogP contribution < -0.4 is 9.13 Å². The Morgan fingerprint density at radius 2 is 1.85 bits per heavy atom. The number of nitrogens with zero attached hydrogens (tertiary/aromatic N) is 2. The number of carbonyl (C=O) groups excluding carboxylic acids is 1. The van der Waals surface area contributed by atoms with Gasteiger partial charge in [-0.2, -0.15) is 9.13 Å². The van der Waals surface area contributed by atoms with Crippen molar-refractivity contribution in [3.05, 3.63) is 90.1 Å². The van der Waals surface area contributed by atoms with Crippen molar-refractivity contribution < 1.29 is 23.1 Å². The van der Waals surface area contributed by atoms with E-state index in [9.17, 15) is 9.18 Å². The van der Waals surface area contributed by atoms with Crippen LogP contribution in [-0.4, -0.2) is 13.1 Å². The Bertz CT molecular complexity index is 979. The zero-order valence-corrected chi connectivity index (χ0v) is 15.3. The summed E-state index contributed by atoms with van der Waals surface area (Å²) in [6.07, 6.45) is 7.46. The molecule has 0 bridgehead atoms. The van der Waals surface area contributed by atoms with Gasteiger partial charge in [-0.1, -0.05) is 12.1 Å². The van der Waals surface area contributed by atoms with Crippen LogP contribution in [0.2, 0.25) is 0 Å². The van der Waals surface area contributed by atoms with Gasteiger partial charge in [-0.15, -0.1) is 0 Å². The number of esters is 1. The van der Waals surface area contributed by atoms with Crippen LogP contribution in [0.4, 0.5) is 4.39 Å². The van der Waals surface area contributed by atoms with Crippen molar-refractivity contribution in [3.8, 4) is 11.3 Å². The molecule has 3 aromatic rings. The lowest BCUT2D eigenvalue weighted by Crippen LogP contribution is -2.40. The number of carbonyl (C=O) groups is 1. The summed E-state index contributed by atoms with van der Waals surface area (Å²) in [6, 6.07) is 16.1. The highest BCUT2D eigenvalue weighted by Gasteiger charge is 2.19. The molecule has 0 aliphatic heterocycles. The Balaban J connectivity index is 1.91. The summed E-state index contributed by atoms with van der Waals surface area (Å²) in [4.78, 5) is 11.9. The largest absolute Gasteiger partial charge is 0.461 e. The fourth-order valence-electron chi connectivity index (χ4n) is 2.95. The average molecular weight is 364 g/mol. The van der Waals surface area contributed by atoms with Crippen LogP contribution in [0.3, 0.4) is 0 Å². The molecule has 0 N–H and O–H groups in total. The Labute approximate surface area is 157 Å². The number of halogens is 1. The van der Waals surface area contributed by atoms with Crippen molar-refractivity contribution in [2.45, 2.75) is 13.5 Å². The number of ether oxygens (including phenoxy) is 1. The maximum absolute atomic E-state index is 14.4. The van der Waals surface area contributed by atoms with Crippen molar-refractivity contribution in [3.63, 3.8) is 0 Å². The van der Waals surface area contributed by atoms with Crippen molar-refractivity contribution in [2.75, 3.05) is 7.11 Å². The Morgan fingerprint density at radius 3 is 2.63 bits per heavy atom. The average Bonchev–Trinajstić information content (AvgIpc) is 2.69. The third-order valence-electron chi connectivity index (χ3n) is 4.27. The zero-order chi connectivity index (χ0) is 19.2. The maximum atomic E-state index is 14.4. The van der Waals surface area contributed by atoms with Gasteiger partial charge < -0.3 is 4.74 Å². The highest BCUT2D eigenvalue weighted by atomic mass is 19.1. The van der Waals surface area contributed by atoms with Crippen LogP contribution in [0.1, 0.15) is 16.1 Å². The third kappa shape index (κ3) is 4.08. The van der Waals surface area contributed by atoms with Gasteiger partial charge in [0.2, 0.25) is 5.69 Å². The molecule has 0 aliphatic carbocycles. The quantitative estimate of drug-likeness (QED) is 0.514. The number of benzene rings is 1. The van der Waals surface area contributed by atoms with Gasteiger partial charge >= 0.3 is 5.97 Å². The minimum absolute atomic E-state index is 0.256. The highest BCUT2D eigenvalue weighted by molar-refractivity contribution is 5.85. The monoisotopic (exact) mass is 364 g/mol. The number of rotatable bonds is 5. The number of hydrogen-bond donors (Lipinski definition) is 0. The first-order valence-electron chi connectivity index (χ1n) is 8.61. The molecule has 3 rings (SSSR count). The summed E-state index contributed by atoms with van der Waals surface area (Å²) in [7, 11) is 1.36. The van der Waals surface area contributed by atoms with Gasteiger partial charge in [0.05, 0.1) is 12.7 Å². The number of methoxy groups -OCH3 is 1. The van der Waals surface area contributed by atoms with Crippen molar-refractivity contribution in [1.29, 1.82) is 0 Å². The number of allylic oxidation sites excluding steroid dienone is 1. The van der Waals surface area contributed by atoms with E-state index in [1.807, 2.05) is 66.5 Å². The molecule has 0 saturated heterocycles. The maximum Gasteiger partial charge on any atom is 0.403 e. The molecule has 5 heteroatoms. The summed E-state index contributed by atoms with van der Waals surface area (Å²) in [5, 5.41) is 0. The number of aromatic nitrogens is 2. The minimum atomic E-state index is -0.390. The van der Waals surface area contributed by atoms with E-state index in [0.29, 0.717) is 17.8 Å². The van der Waals surface area contributed by atoms with Crippen LogP contribution in [0.25, 0.3) is 17.5 Å². The molecule has 0 aliphatic rings. The SMILES string of the molecule is COC(=O)c1cccc[n+]1C/C=C/[n+]1ccccc1-c1c(C)cccc1F. The minimum Gasteiger partial charge on any atom is -0.461 e. The van der Waals surface area contributed by atoms with Crippen LogP contribution in [0.15, 0.2) is 73.1 Å². The molecule has 136 valence electrons. The van der Waals surface area contributed by atoms with Gasteiger partial charge in [0.1, 0.15) is 5.82 Å². The molecule has 0 spiro atoms. The summed E-state index contributed by atoms with van der Waals surface area (Å²) in [5.41, 5.74) is 2.67. The van der Waals surface area contributed by atoms with E-state index in [4.69, 9.17) is 4.74 Å². The van der Waals surface area contributed by atoms with Crippen LogP contribution in [-0.2, 0) is 11.3 Å². The van der Waals surface area contributed by atoms with E-state index in [-0.39, 0.29) is 11.8 Å². The normalized spacial score (nSPS) is 10.9. The Kier molecular flexibility index (Phi) is 5.71. The lowest BCUT2D eigenvalue weighted by Gasteiger charge is -2.05. The molecule has 0 unspecified atom stereocenters. The summed E-state index contributed by atoms with van der Waals surface area (Å²) in [5.74, 6) is -0.646. The molecule has 2 heterocycles. The molecule has 1 aromatic carbocycles. The van der Waals surface area contributed by atoms with Crippen molar-refractivity contribution in [2.24, 2.45) is 0 Å². The predicted molar refractivity (Wildman–Crippen MR) is 100 cm³/mol. The van der Waals surface area contributed by atoms with Gasteiger partial charge in [-0.3, -0.25) is 0 Å². The summed E-state index contributed by atoms with van der Waals surface area (Å²) in [6.45, 7) is 2.37. The van der Waals surface area contributed by atoms with Gasteiger partial charge in [-0.25, -0.2) is 9.18 Å². The molecule has 0 radical (unpaired) electrons. The smallest absolute Gasteiger partial charge is 0.403 e. The first-order valence-corrected chi connectivity index (χ1v) is 8.61. The Morgan fingerprint density at radius 1 is 1.07 bits per heavy atom. The fourth-order valence-corrected chi connectivity index (χ4v) is 2.95. The van der Waals surface area contributed by atoms with Gasteiger partial charge in [0.15, 0.2) is 25.1 Å². The molecule has 0 amide bonds. The molecule has 0 fully saturated rings. The van der Waals surface area contributed by atoms with Crippen LogP contribution >= 0.6 is 0 Å². The molecular formula is C22H21FN2O2+2. The van der Waals surface area contributed by atoms with E-state index in [1.165, 1.54) is 13.2 Å². The molecular weight excluding hydrogens is 343 g/mol. The molecule has 0 saturated carbocycles. The second-order valence-electron chi connectivity index (χ2n) is 6.04. The van der Waals surface area contributed by atoms with Crippen molar-refractivity contribution >= 4 is 12.2 Å². The predicted octanol–water partition coefficient (Wildman–Crippen LogP) is 3.33. The first kappa shape index (κ1) is 18.5. The van der Waals surface area contributed by atoms with Gasteiger partial charge in [0.25, 0.3) is 5.69 Å². The summed E-state index contributed by atoms with van der Waals surface area (Å²) >= 11 is 0. The van der Waals surface area contributed by atoms with E-state index in [1.54, 1.807) is 22.8 Å². The van der Waals surface area contributed by atoms with Gasteiger partial charge in [0, 0.05) is 30.3 Å². The Hall–Kier alpha value is -3.34. The standard InChI is InChI=1S/C22H21FN2O2/c1-17-9-7-10-18(23)21(17)19-11-3-5-13-24(19)15-8-16-25-14-6-4-12-20(25)22(26)27-2/h3-15H,16H2,1-2H3/q+2/b15-8+. The zero-order valence-electron chi connectivity index (χ0n) is 15.3. The molecule has 0 atom stereocenters. The van der Waals surface area contributed by atoms with E-state index in [0.717, 1.165) is 11.3 Å². The second kappa shape index (κ2) is 8.36. The lowest BCUT2D eigenvalue weighted by molar-refractivity contribution is -0.690. The van der Waals surface area contributed by atoms with Crippen molar-refractivity contribution in [1.82, 2.24) is 0 Å². The number of pyridine rings is 2. The molecule has 4 nitrogen and oxygen atoms in total. The third-order valence-corrected chi connectivity index (χ3v) is 4.27. The molecule has 27 heavy (non-hydrogen) atoms. The number of hydrogen-bond acceptors (Lipinski definition) is 2. The molecule has 2 aromatic heterocycles. The highest BCUT2D eigenvalue weighted by Crippen LogP contribution is 2.23. The number of aryl methyl sites for hydroxylation is 1. The van der Waals surface area contributed by atoms with Gasteiger partial charge in [-0.05, 0) is 30.7 Å². The van der Waals surface area contributed by atoms with E-state index < -0.39 is 0 Å². The topological polar surface area (TPSA) is 34.1 Å².